The Morgan fingerprint density at radius 3 is 2.56 bits per heavy atom. The van der Waals surface area contributed by atoms with Gasteiger partial charge in [0.15, 0.2) is 0 Å². The normalized spacial score (nSPS) is 29.6. The molecule has 1 fully saturated rings. The van der Waals surface area contributed by atoms with Gasteiger partial charge in [-0.05, 0) is 62.3 Å². The summed E-state index contributed by atoms with van der Waals surface area (Å²) in [6.45, 7) is 6.81. The zero-order chi connectivity index (χ0) is 11.8. The maximum absolute atomic E-state index is 3.41. The van der Waals surface area contributed by atoms with E-state index in [1.54, 1.807) is 0 Å². The van der Waals surface area contributed by atoms with Crippen LogP contribution in [-0.4, -0.2) is 13.1 Å². The van der Waals surface area contributed by atoms with Crippen LogP contribution in [0.2, 0.25) is 0 Å². The van der Waals surface area contributed by atoms with Crippen LogP contribution in [0.1, 0.15) is 42.9 Å². The molecular weight excluding hydrogens is 194 g/mol. The van der Waals surface area contributed by atoms with Crippen LogP contribution in [0.15, 0.2) is 18.2 Å². The highest BCUT2D eigenvalue weighted by molar-refractivity contribution is 5.35. The van der Waals surface area contributed by atoms with Gasteiger partial charge in [0, 0.05) is 6.04 Å². The lowest BCUT2D eigenvalue weighted by molar-refractivity contribution is 0.466. The molecule has 0 amide bonds. The molecule has 1 heteroatoms. The maximum Gasteiger partial charge on any atom is 0.00727 e. The minimum atomic E-state index is 0.381. The summed E-state index contributed by atoms with van der Waals surface area (Å²) in [4.78, 5) is 0. The molecule has 1 nitrogen and oxygen atoms in total. The topological polar surface area (TPSA) is 12.0 Å². The van der Waals surface area contributed by atoms with Gasteiger partial charge in [0.25, 0.3) is 0 Å². The standard InChI is InChI=1S/C15H23N/c1-11-5-6-13(9-12(11)2)15(3)8-7-14(10-15)16-4/h5-6,9,14,16H,7-8,10H2,1-4H3. The molecule has 2 atom stereocenters. The van der Waals surface area contributed by atoms with Crippen molar-refractivity contribution in [3.63, 3.8) is 0 Å². The van der Waals surface area contributed by atoms with Crippen LogP contribution < -0.4 is 5.32 Å². The average molecular weight is 217 g/mol. The van der Waals surface area contributed by atoms with Crippen molar-refractivity contribution in [1.29, 1.82) is 0 Å². The van der Waals surface area contributed by atoms with Crippen LogP contribution >= 0.6 is 0 Å². The fraction of sp³-hybridized carbons (Fsp3) is 0.600. The summed E-state index contributed by atoms with van der Waals surface area (Å²) in [5.41, 5.74) is 4.72. The second-order valence-electron chi connectivity index (χ2n) is 5.59. The molecule has 1 aromatic carbocycles. The van der Waals surface area contributed by atoms with Crippen LogP contribution in [0, 0.1) is 13.8 Å². The smallest absolute Gasteiger partial charge is 0.00727 e. The summed E-state index contributed by atoms with van der Waals surface area (Å²) in [5.74, 6) is 0. The number of nitrogens with one attached hydrogen (secondary N) is 1. The first-order valence-corrected chi connectivity index (χ1v) is 6.30. The van der Waals surface area contributed by atoms with Crippen LogP contribution in [0.3, 0.4) is 0 Å². The van der Waals surface area contributed by atoms with Crippen LogP contribution in [0.4, 0.5) is 0 Å². The summed E-state index contributed by atoms with van der Waals surface area (Å²) in [7, 11) is 2.08. The summed E-state index contributed by atoms with van der Waals surface area (Å²) in [6, 6.07) is 7.67. The lowest BCUT2D eigenvalue weighted by atomic mass is 9.80. The van der Waals surface area contributed by atoms with Gasteiger partial charge in [-0.1, -0.05) is 25.1 Å². The van der Waals surface area contributed by atoms with E-state index in [0.717, 1.165) is 0 Å². The molecule has 0 radical (unpaired) electrons. The third-order valence-corrected chi connectivity index (χ3v) is 4.35. The fourth-order valence-corrected chi connectivity index (χ4v) is 2.87. The quantitative estimate of drug-likeness (QED) is 0.801. The van der Waals surface area contributed by atoms with Crippen molar-refractivity contribution in [3.05, 3.63) is 34.9 Å². The number of benzene rings is 1. The minimum Gasteiger partial charge on any atom is -0.317 e. The SMILES string of the molecule is CNC1CCC(C)(c2ccc(C)c(C)c2)C1. The van der Waals surface area contributed by atoms with Crippen molar-refractivity contribution < 1.29 is 0 Å². The molecule has 0 spiro atoms. The van der Waals surface area contributed by atoms with E-state index < -0.39 is 0 Å². The molecule has 1 saturated carbocycles. The average Bonchev–Trinajstić information content (AvgIpc) is 2.66. The molecule has 0 heterocycles. The van der Waals surface area contributed by atoms with Crippen LogP contribution in [0.5, 0.6) is 0 Å². The second kappa shape index (κ2) is 4.21. The van der Waals surface area contributed by atoms with E-state index in [9.17, 15) is 0 Å². The Bertz CT molecular complexity index is 383. The first kappa shape index (κ1) is 11.7. The van der Waals surface area contributed by atoms with E-state index in [4.69, 9.17) is 0 Å². The van der Waals surface area contributed by atoms with Gasteiger partial charge in [-0.2, -0.15) is 0 Å². The molecule has 88 valence electrons. The highest BCUT2D eigenvalue weighted by atomic mass is 14.9. The third-order valence-electron chi connectivity index (χ3n) is 4.35. The van der Waals surface area contributed by atoms with Gasteiger partial charge in [0.2, 0.25) is 0 Å². The number of hydrogen-bond acceptors (Lipinski definition) is 1. The third kappa shape index (κ3) is 2.01. The maximum atomic E-state index is 3.41. The molecule has 2 unspecified atom stereocenters. The Kier molecular flexibility index (Phi) is 3.07. The second-order valence-corrected chi connectivity index (χ2v) is 5.59. The molecule has 1 aliphatic rings. The van der Waals surface area contributed by atoms with E-state index in [1.165, 1.54) is 36.0 Å². The molecule has 16 heavy (non-hydrogen) atoms. The van der Waals surface area contributed by atoms with Gasteiger partial charge in [-0.15, -0.1) is 0 Å². The Hall–Kier alpha value is -0.820. The number of hydrogen-bond donors (Lipinski definition) is 1. The molecule has 0 bridgehead atoms. The van der Waals surface area contributed by atoms with E-state index in [1.807, 2.05) is 0 Å². The minimum absolute atomic E-state index is 0.381. The molecule has 1 aliphatic carbocycles. The van der Waals surface area contributed by atoms with Gasteiger partial charge < -0.3 is 5.32 Å². The predicted molar refractivity (Wildman–Crippen MR) is 70.0 cm³/mol. The van der Waals surface area contributed by atoms with E-state index >= 15 is 0 Å². The van der Waals surface area contributed by atoms with Gasteiger partial charge >= 0.3 is 0 Å². The van der Waals surface area contributed by atoms with Gasteiger partial charge in [-0.3, -0.25) is 0 Å². The largest absolute Gasteiger partial charge is 0.317 e. The summed E-state index contributed by atoms with van der Waals surface area (Å²) in [5, 5.41) is 3.41. The Labute approximate surface area is 99.3 Å². The van der Waals surface area contributed by atoms with Gasteiger partial charge in [0.1, 0.15) is 0 Å². The zero-order valence-corrected chi connectivity index (χ0v) is 10.9. The van der Waals surface area contributed by atoms with Crippen LogP contribution in [0.25, 0.3) is 0 Å². The van der Waals surface area contributed by atoms with E-state index in [-0.39, 0.29) is 0 Å². The monoisotopic (exact) mass is 217 g/mol. The Morgan fingerprint density at radius 1 is 1.25 bits per heavy atom. The van der Waals surface area contributed by atoms with Crippen molar-refractivity contribution in [2.45, 2.75) is 51.5 Å². The highest BCUT2D eigenvalue weighted by Crippen LogP contribution is 2.41. The molecule has 1 aromatic rings. The molecule has 1 N–H and O–H groups in total. The van der Waals surface area contributed by atoms with Crippen molar-refractivity contribution in [2.24, 2.45) is 0 Å². The van der Waals surface area contributed by atoms with Crippen molar-refractivity contribution in [1.82, 2.24) is 5.32 Å². The first-order chi connectivity index (χ1) is 7.55. The van der Waals surface area contributed by atoms with E-state index in [0.29, 0.717) is 11.5 Å². The van der Waals surface area contributed by atoms with Crippen molar-refractivity contribution in [2.75, 3.05) is 7.05 Å². The zero-order valence-electron chi connectivity index (χ0n) is 10.9. The van der Waals surface area contributed by atoms with Crippen LogP contribution in [-0.2, 0) is 5.41 Å². The number of aryl methyl sites for hydroxylation is 2. The lowest BCUT2D eigenvalue weighted by Crippen LogP contribution is -2.25. The van der Waals surface area contributed by atoms with Gasteiger partial charge in [0.05, 0.1) is 0 Å². The van der Waals surface area contributed by atoms with E-state index in [2.05, 4.69) is 51.3 Å². The summed E-state index contributed by atoms with van der Waals surface area (Å²) < 4.78 is 0. The number of rotatable bonds is 2. The summed E-state index contributed by atoms with van der Waals surface area (Å²) in [6.07, 6.45) is 3.88. The molecular formula is C15H23N. The van der Waals surface area contributed by atoms with Crippen molar-refractivity contribution >= 4 is 0 Å². The fourth-order valence-electron chi connectivity index (χ4n) is 2.87. The molecule has 0 aliphatic heterocycles. The van der Waals surface area contributed by atoms with Gasteiger partial charge in [-0.25, -0.2) is 0 Å². The summed E-state index contributed by atoms with van der Waals surface area (Å²) >= 11 is 0. The Morgan fingerprint density at radius 2 is 2.00 bits per heavy atom. The van der Waals surface area contributed by atoms with Crippen molar-refractivity contribution in [3.8, 4) is 0 Å². The highest BCUT2D eigenvalue weighted by Gasteiger charge is 2.35. The lowest BCUT2D eigenvalue weighted by Gasteiger charge is -2.25. The molecule has 2 rings (SSSR count). The first-order valence-electron chi connectivity index (χ1n) is 6.30. The Balaban J connectivity index is 2.27. The molecule has 0 saturated heterocycles. The predicted octanol–water partition coefficient (Wildman–Crippen LogP) is 3.33. The molecule has 0 aromatic heterocycles.